The lowest BCUT2D eigenvalue weighted by molar-refractivity contribution is 0.0955. The highest BCUT2D eigenvalue weighted by Crippen LogP contribution is 2.37. The Hall–Kier alpha value is -2.60. The van der Waals surface area contributed by atoms with Crippen molar-refractivity contribution in [3.8, 4) is 11.5 Å². The quantitative estimate of drug-likeness (QED) is 0.572. The average molecular weight is 379 g/mol. The summed E-state index contributed by atoms with van der Waals surface area (Å²) in [5, 5.41) is 4.29. The van der Waals surface area contributed by atoms with Crippen molar-refractivity contribution in [3.63, 3.8) is 0 Å². The molecule has 2 aromatic carbocycles. The topological polar surface area (TPSA) is 59.9 Å². The zero-order chi connectivity index (χ0) is 19.1. The van der Waals surface area contributed by atoms with Crippen molar-refractivity contribution in [3.05, 3.63) is 58.4 Å². The number of benzene rings is 2. The van der Waals surface area contributed by atoms with Crippen molar-refractivity contribution in [1.29, 1.82) is 0 Å². The minimum absolute atomic E-state index is 0.0544. The number of carbonyl (C=O) groups excluding carboxylic acids is 1. The van der Waals surface area contributed by atoms with Crippen molar-refractivity contribution >= 4 is 23.7 Å². The van der Waals surface area contributed by atoms with Crippen molar-refractivity contribution in [2.75, 3.05) is 6.61 Å². The molecule has 1 amide bonds. The van der Waals surface area contributed by atoms with Crippen LogP contribution in [-0.2, 0) is 0 Å². The minimum Gasteiger partial charge on any atom is -0.490 e. The second-order valence-corrected chi connectivity index (χ2v) is 6.04. The highest BCUT2D eigenvalue weighted by Gasteiger charge is 2.13. The summed E-state index contributed by atoms with van der Waals surface area (Å²) >= 11 is 6.28. The average Bonchev–Trinajstić information content (AvgIpc) is 2.58. The van der Waals surface area contributed by atoms with Crippen LogP contribution in [0, 0.1) is 5.82 Å². The molecule has 0 radical (unpaired) electrons. The molecule has 1 N–H and O–H groups in total. The summed E-state index contributed by atoms with van der Waals surface area (Å²) in [5.74, 6) is 0.111. The van der Waals surface area contributed by atoms with Crippen molar-refractivity contribution in [2.24, 2.45) is 5.10 Å². The van der Waals surface area contributed by atoms with E-state index in [1.807, 2.05) is 20.8 Å². The highest BCUT2D eigenvalue weighted by atomic mass is 35.5. The van der Waals surface area contributed by atoms with Gasteiger partial charge in [0.15, 0.2) is 11.5 Å². The van der Waals surface area contributed by atoms with Crippen molar-refractivity contribution in [1.82, 2.24) is 5.43 Å². The number of hydrazone groups is 1. The van der Waals surface area contributed by atoms with E-state index < -0.39 is 11.7 Å². The van der Waals surface area contributed by atoms with Gasteiger partial charge in [-0.3, -0.25) is 4.79 Å². The first-order valence-corrected chi connectivity index (χ1v) is 8.50. The molecular formula is C19H20ClFN2O3. The van der Waals surface area contributed by atoms with Crippen LogP contribution in [0.4, 0.5) is 4.39 Å². The molecule has 0 spiro atoms. The van der Waals surface area contributed by atoms with E-state index >= 15 is 0 Å². The zero-order valence-electron chi connectivity index (χ0n) is 14.8. The lowest BCUT2D eigenvalue weighted by atomic mass is 10.2. The summed E-state index contributed by atoms with van der Waals surface area (Å²) in [7, 11) is 0. The Morgan fingerprint density at radius 1 is 1.31 bits per heavy atom. The van der Waals surface area contributed by atoms with Crippen LogP contribution in [0.3, 0.4) is 0 Å². The Morgan fingerprint density at radius 3 is 2.62 bits per heavy atom. The molecule has 0 atom stereocenters. The van der Waals surface area contributed by atoms with E-state index in [2.05, 4.69) is 10.5 Å². The van der Waals surface area contributed by atoms with Gasteiger partial charge in [0.25, 0.3) is 5.91 Å². The molecule has 5 nitrogen and oxygen atoms in total. The predicted octanol–water partition coefficient (Wildman–Crippen LogP) is 4.43. The molecular weight excluding hydrogens is 359 g/mol. The fourth-order valence-electron chi connectivity index (χ4n) is 2.11. The van der Waals surface area contributed by atoms with Gasteiger partial charge in [0.2, 0.25) is 0 Å². The third kappa shape index (κ3) is 5.46. The van der Waals surface area contributed by atoms with Gasteiger partial charge in [-0.05, 0) is 62.7 Å². The first kappa shape index (κ1) is 19.7. The monoisotopic (exact) mass is 378 g/mol. The van der Waals surface area contributed by atoms with Crippen molar-refractivity contribution in [2.45, 2.75) is 26.9 Å². The molecule has 2 aromatic rings. The van der Waals surface area contributed by atoms with Gasteiger partial charge in [-0.1, -0.05) is 11.6 Å². The fourth-order valence-corrected chi connectivity index (χ4v) is 2.37. The number of amides is 1. The number of rotatable bonds is 7. The summed E-state index contributed by atoms with van der Waals surface area (Å²) in [6, 6.07) is 8.56. The molecule has 0 aliphatic rings. The van der Waals surface area contributed by atoms with E-state index in [9.17, 15) is 9.18 Å². The summed E-state index contributed by atoms with van der Waals surface area (Å²) in [5.41, 5.74) is 3.31. The fraction of sp³-hybridized carbons (Fsp3) is 0.263. The lowest BCUT2D eigenvalue weighted by Crippen LogP contribution is -2.17. The molecule has 0 bridgehead atoms. The van der Waals surface area contributed by atoms with Crippen LogP contribution in [0.15, 0.2) is 41.5 Å². The van der Waals surface area contributed by atoms with Crippen molar-refractivity contribution < 1.29 is 18.7 Å². The van der Waals surface area contributed by atoms with E-state index in [1.54, 1.807) is 12.1 Å². The number of ether oxygens (including phenoxy) is 2. The second kappa shape index (κ2) is 9.20. The van der Waals surface area contributed by atoms with E-state index in [-0.39, 0.29) is 6.10 Å². The van der Waals surface area contributed by atoms with Crippen LogP contribution in [-0.4, -0.2) is 24.8 Å². The molecule has 138 valence electrons. The number of nitrogens with one attached hydrogen (secondary N) is 1. The normalized spacial score (nSPS) is 11.0. The number of halogens is 2. The van der Waals surface area contributed by atoms with E-state index in [0.29, 0.717) is 34.3 Å². The Bertz CT molecular complexity index is 792. The van der Waals surface area contributed by atoms with Crippen LogP contribution >= 0.6 is 11.6 Å². The molecule has 26 heavy (non-hydrogen) atoms. The van der Waals surface area contributed by atoms with Crippen LogP contribution in [0.5, 0.6) is 11.5 Å². The Kier molecular flexibility index (Phi) is 6.97. The maximum atomic E-state index is 12.9. The molecule has 2 rings (SSSR count). The van der Waals surface area contributed by atoms with Crippen LogP contribution in [0.2, 0.25) is 5.02 Å². The Morgan fingerprint density at radius 2 is 2.00 bits per heavy atom. The van der Waals surface area contributed by atoms with Crippen LogP contribution in [0.1, 0.15) is 36.7 Å². The second-order valence-electron chi connectivity index (χ2n) is 5.64. The number of hydrogen-bond donors (Lipinski definition) is 1. The van der Waals surface area contributed by atoms with Gasteiger partial charge in [-0.2, -0.15) is 5.10 Å². The predicted molar refractivity (Wildman–Crippen MR) is 99.8 cm³/mol. The SMILES string of the molecule is CCOc1cc(/C=N\NC(=O)c2ccc(F)cc2)cc(Cl)c1OC(C)C. The zero-order valence-corrected chi connectivity index (χ0v) is 15.5. The van der Waals surface area contributed by atoms with Gasteiger partial charge in [0, 0.05) is 5.56 Å². The molecule has 0 aromatic heterocycles. The first-order valence-electron chi connectivity index (χ1n) is 8.12. The number of nitrogens with zero attached hydrogens (tertiary/aromatic N) is 1. The third-order valence-corrected chi connectivity index (χ3v) is 3.45. The van der Waals surface area contributed by atoms with E-state index in [0.717, 1.165) is 0 Å². The summed E-state index contributed by atoms with van der Waals surface area (Å²) in [6.07, 6.45) is 1.39. The molecule has 7 heteroatoms. The lowest BCUT2D eigenvalue weighted by Gasteiger charge is -2.16. The molecule has 0 saturated carbocycles. The smallest absolute Gasteiger partial charge is 0.271 e. The van der Waals surface area contributed by atoms with E-state index in [1.165, 1.54) is 30.5 Å². The maximum absolute atomic E-state index is 12.9. The van der Waals surface area contributed by atoms with Crippen LogP contribution < -0.4 is 14.9 Å². The summed E-state index contributed by atoms with van der Waals surface area (Å²) < 4.78 is 24.1. The van der Waals surface area contributed by atoms with Gasteiger partial charge < -0.3 is 9.47 Å². The van der Waals surface area contributed by atoms with Gasteiger partial charge >= 0.3 is 0 Å². The Balaban J connectivity index is 2.14. The number of carbonyl (C=O) groups is 1. The van der Waals surface area contributed by atoms with E-state index in [4.69, 9.17) is 21.1 Å². The van der Waals surface area contributed by atoms with Gasteiger partial charge in [0.1, 0.15) is 5.82 Å². The molecule has 0 heterocycles. The summed E-state index contributed by atoms with van der Waals surface area (Å²) in [4.78, 5) is 11.9. The van der Waals surface area contributed by atoms with Gasteiger partial charge in [0.05, 0.1) is 23.9 Å². The molecule has 0 saturated heterocycles. The molecule has 0 unspecified atom stereocenters. The molecule has 0 fully saturated rings. The molecule has 0 aliphatic heterocycles. The standard InChI is InChI=1S/C19H20ClFN2O3/c1-4-25-17-10-13(9-16(20)18(17)26-12(2)3)11-22-23-19(24)14-5-7-15(21)8-6-14/h5-12H,4H2,1-3H3,(H,23,24)/b22-11-. The largest absolute Gasteiger partial charge is 0.490 e. The third-order valence-electron chi connectivity index (χ3n) is 3.17. The summed E-state index contributed by atoms with van der Waals surface area (Å²) in [6.45, 7) is 6.10. The van der Waals surface area contributed by atoms with Crippen LogP contribution in [0.25, 0.3) is 0 Å². The van der Waals surface area contributed by atoms with Gasteiger partial charge in [-0.25, -0.2) is 9.82 Å². The Labute approximate surface area is 156 Å². The number of hydrogen-bond acceptors (Lipinski definition) is 4. The highest BCUT2D eigenvalue weighted by molar-refractivity contribution is 6.32. The molecule has 0 aliphatic carbocycles. The minimum atomic E-state index is -0.447. The maximum Gasteiger partial charge on any atom is 0.271 e. The first-order chi connectivity index (χ1) is 12.4. The van der Waals surface area contributed by atoms with Gasteiger partial charge in [-0.15, -0.1) is 0 Å².